The van der Waals surface area contributed by atoms with Crippen LogP contribution in [0, 0.1) is 14.3 Å². The van der Waals surface area contributed by atoms with Crippen LogP contribution in [0.2, 0.25) is 0 Å². The highest BCUT2D eigenvalue weighted by atomic mass is 127. The Balaban J connectivity index is 0.000000847. The van der Waals surface area contributed by atoms with Crippen LogP contribution in [0.1, 0.15) is 177 Å². The van der Waals surface area contributed by atoms with Gasteiger partial charge in [-0.15, -0.1) is 0 Å². The minimum absolute atomic E-state index is 0.0368. The third kappa shape index (κ3) is 64.1. The highest BCUT2D eigenvalue weighted by Gasteiger charge is 2.28. The quantitative estimate of drug-likeness (QED) is 0.0145. The molecule has 0 radical (unpaired) electrons. The summed E-state index contributed by atoms with van der Waals surface area (Å²) in [4.78, 5) is 192. The van der Waals surface area contributed by atoms with E-state index in [1.165, 1.54) is 18.3 Å². The second kappa shape index (κ2) is 67.9. The first kappa shape index (κ1) is 115. The molecule has 0 aromatic heterocycles. The normalized spacial score (nSPS) is 12.4. The summed E-state index contributed by atoms with van der Waals surface area (Å²) in [7, 11) is 0. The third-order valence-corrected chi connectivity index (χ3v) is 20.7. The third-order valence-electron chi connectivity index (χ3n) is 17.8. The maximum absolute atomic E-state index is 12.2. The summed E-state index contributed by atoms with van der Waals surface area (Å²) in [5.41, 5.74) is 4.14. The summed E-state index contributed by atoms with van der Waals surface area (Å²) in [5, 5.41) is 142. The minimum atomic E-state index is -1.41. The molecule has 4 aromatic carbocycles. The van der Waals surface area contributed by atoms with Crippen LogP contribution in [0.3, 0.4) is 0 Å². The van der Waals surface area contributed by atoms with Crippen molar-refractivity contribution in [1.82, 2.24) is 63.8 Å². The number of halogens is 4. The van der Waals surface area contributed by atoms with E-state index in [1.807, 2.05) is 84.9 Å². The Morgan fingerprint density at radius 3 is 0.732 bits per heavy atom. The van der Waals surface area contributed by atoms with Gasteiger partial charge in [-0.05, 0) is 277 Å². The number of carboxylic acids is 12. The maximum atomic E-state index is 12.2. The highest BCUT2D eigenvalue weighted by Crippen LogP contribution is 2.16. The van der Waals surface area contributed by atoms with Gasteiger partial charge in [0.15, 0.2) is 0 Å². The predicted molar refractivity (Wildman–Crippen MR) is 493 cm³/mol. The first-order valence-electron chi connectivity index (χ1n) is 40.1. The predicted octanol–water partition coefficient (Wildman–Crippen LogP) is 8.47. The second-order valence-electron chi connectivity index (χ2n) is 28.6. The second-order valence-corrected chi connectivity index (χ2v) is 33.6. The molecule has 0 saturated heterocycles. The molecule has 0 unspecified atom stereocenters. The van der Waals surface area contributed by atoms with Gasteiger partial charge in [0.1, 0.15) is 18.1 Å². The number of anilines is 1. The first-order valence-corrected chi connectivity index (χ1v) is 44.5. The van der Waals surface area contributed by atoms with E-state index >= 15 is 0 Å². The van der Waals surface area contributed by atoms with E-state index in [2.05, 4.69) is 159 Å². The van der Waals surface area contributed by atoms with Gasteiger partial charge in [0.2, 0.25) is 0 Å². The van der Waals surface area contributed by atoms with Gasteiger partial charge in [0, 0.05) is 102 Å². The summed E-state index contributed by atoms with van der Waals surface area (Å²) in [5.74, 6) is -14.2. The summed E-state index contributed by atoms with van der Waals surface area (Å²) < 4.78 is 4.53. The number of hydrogen-bond donors (Lipinski definition) is 25. The lowest BCUT2D eigenvalue weighted by Gasteiger charge is -2.21. The first-order chi connectivity index (χ1) is 60.0. The number of hydrogen-bond acceptors (Lipinski definition) is 20. The minimum Gasteiger partial charge on any atom is -0.481 e. The molecule has 0 bridgehead atoms. The fourth-order valence-electron chi connectivity index (χ4n) is 11.5. The zero-order valence-electron chi connectivity index (χ0n) is 69.3. The maximum Gasteiger partial charge on any atom is 0.326 e. The monoisotopic (exact) mass is 2240 g/mol. The number of unbranched alkanes of at least 4 members (excludes halogenated alkanes) is 4. The Hall–Kier alpha value is -10.3. The van der Waals surface area contributed by atoms with Crippen molar-refractivity contribution in [3.63, 3.8) is 0 Å². The number of rotatable bonds is 60. The van der Waals surface area contributed by atoms with Crippen LogP contribution >= 0.6 is 90.4 Å². The molecular formula is C81H113I4N13O29. The Morgan fingerprint density at radius 1 is 0.244 bits per heavy atom. The van der Waals surface area contributed by atoms with Crippen LogP contribution in [0.15, 0.2) is 97.1 Å². The molecule has 0 aliphatic rings. The molecule has 0 heterocycles. The number of urea groups is 5. The lowest BCUT2D eigenvalue weighted by molar-refractivity contribution is -0.142. The van der Waals surface area contributed by atoms with Gasteiger partial charge in [-0.1, -0.05) is 49.2 Å². The standard InChI is InChI=1S/C21H30IN3O7.C20H27IN4O8.2C20H28IN3O7/c22-15-6-4-14(5-7-15)13-23-10-2-1-3-16(11-19(28)29)24-21(32)25-17(12-20(30)31)8-9-18(26)27;21-12-4-6-13(7-5-12)23-19(32)22-10-2-1-3-14(11-17(28)29)24-20(33)25-15(18(30)31)8-9-16(26)27;21-14-6-4-13(5-7-14)12-22-10-2-1-3-16(19(29)30)24-20(31)23-15(11-18(27)28)8-9-17(25)26;21-14-6-4-13(5-7-14)12-22-10-2-1-3-15(11-18(27)28)23-20(31)24-16(19(29)30)8-9-17(25)26/h4-7,16-17,23H,1-3,8-13H2,(H,26,27)(H,28,29)(H,30,31)(H2,24,25,32);4-7,14-15H,1-3,8-11H2,(H,26,27)(H,28,29)(H,30,31)(H2,22,23,32)(H2,24,25,33);2*4-7,15-16,22H,1-3,8-12H2,(H,25,26)(H,27,28)(H,29,30)(H2,23,24,31)/t16-,17-;14-,15-;2*15-,16-/m0000/s1. The average Bonchev–Trinajstić information content (AvgIpc) is 0.923. The smallest absolute Gasteiger partial charge is 0.326 e. The van der Waals surface area contributed by atoms with Crippen molar-refractivity contribution < 1.29 is 143 Å². The number of benzene rings is 4. The molecule has 4 rings (SSSR count). The SMILES string of the molecule is O=C(O)CC[C@@H](CC(=O)O)NC(=O)N[C@@H](CCCCNCc1ccc(I)cc1)C(=O)O.O=C(O)CC[C@@H](CC(=O)O)NC(=O)N[C@@H](CCCCNCc1ccc(I)cc1)CC(=O)O.O=C(O)CC[C@H](NC(=O)N[C@@H](CCCCNC(=O)Nc1ccc(I)cc1)CC(=O)O)C(=O)O.O=C(O)CC[C@H](NC(=O)N[C@@H](CCCCNCc1ccc(I)cc1)CC(=O)O)C(=O)O. The molecule has 25 N–H and O–H groups in total. The van der Waals surface area contributed by atoms with Crippen molar-refractivity contribution >= 4 is 198 Å². The number of nitrogens with one attached hydrogen (secondary N) is 13. The van der Waals surface area contributed by atoms with Crippen molar-refractivity contribution in [2.75, 3.05) is 31.5 Å². The van der Waals surface area contributed by atoms with Gasteiger partial charge < -0.3 is 130 Å². The largest absolute Gasteiger partial charge is 0.481 e. The van der Waals surface area contributed by atoms with Crippen LogP contribution in [0.5, 0.6) is 0 Å². The number of carbonyl (C=O) groups excluding carboxylic acids is 5. The van der Waals surface area contributed by atoms with E-state index in [0.29, 0.717) is 70.3 Å². The van der Waals surface area contributed by atoms with Gasteiger partial charge in [0.05, 0.1) is 32.1 Å². The van der Waals surface area contributed by atoms with Crippen LogP contribution in [-0.2, 0) is 77.2 Å². The molecule has 8 atom stereocenters. The van der Waals surface area contributed by atoms with E-state index in [0.717, 1.165) is 58.1 Å². The van der Waals surface area contributed by atoms with Crippen molar-refractivity contribution in [3.05, 3.63) is 128 Å². The van der Waals surface area contributed by atoms with Gasteiger partial charge in [-0.2, -0.15) is 0 Å². The van der Waals surface area contributed by atoms with Crippen LogP contribution in [0.4, 0.5) is 29.7 Å². The van der Waals surface area contributed by atoms with Crippen molar-refractivity contribution in [2.45, 2.75) is 228 Å². The Morgan fingerprint density at radius 2 is 0.472 bits per heavy atom. The van der Waals surface area contributed by atoms with Crippen LogP contribution in [-0.4, -0.2) is 238 Å². The van der Waals surface area contributed by atoms with Crippen molar-refractivity contribution in [1.29, 1.82) is 0 Å². The zero-order valence-corrected chi connectivity index (χ0v) is 77.9. The molecule has 0 aliphatic heterocycles. The summed E-state index contributed by atoms with van der Waals surface area (Å²) in [6.45, 7) is 4.67. The lowest BCUT2D eigenvalue weighted by atomic mass is 10.1. The van der Waals surface area contributed by atoms with E-state index in [1.54, 1.807) is 12.1 Å². The fraction of sp³-hybridized carbons (Fsp3) is 0.494. The average molecular weight is 2240 g/mol. The topological polar surface area (TPSA) is 689 Å². The Labute approximate surface area is 786 Å². The van der Waals surface area contributed by atoms with Gasteiger partial charge in [-0.25, -0.2) is 38.4 Å². The van der Waals surface area contributed by atoms with E-state index in [-0.39, 0.29) is 76.7 Å². The van der Waals surface area contributed by atoms with Crippen LogP contribution in [0.25, 0.3) is 0 Å². The molecule has 4 aromatic rings. The van der Waals surface area contributed by atoms with E-state index in [4.69, 9.17) is 56.2 Å². The molecule has 127 heavy (non-hydrogen) atoms. The molecule has 42 nitrogen and oxygen atoms in total. The highest BCUT2D eigenvalue weighted by molar-refractivity contribution is 14.1. The summed E-state index contributed by atoms with van der Waals surface area (Å²) >= 11 is 8.88. The number of carbonyl (C=O) groups is 17. The molecule has 704 valence electrons. The van der Waals surface area contributed by atoms with Gasteiger partial charge in [0.25, 0.3) is 0 Å². The number of amides is 10. The van der Waals surface area contributed by atoms with Gasteiger partial charge in [-0.3, -0.25) is 43.2 Å². The van der Waals surface area contributed by atoms with Crippen LogP contribution < -0.4 is 69.1 Å². The van der Waals surface area contributed by atoms with Crippen molar-refractivity contribution in [3.8, 4) is 0 Å². The molecule has 0 saturated carbocycles. The Bertz CT molecular complexity index is 4110. The zero-order chi connectivity index (χ0) is 95.2. The van der Waals surface area contributed by atoms with Gasteiger partial charge >= 0.3 is 102 Å². The molecule has 0 aliphatic carbocycles. The number of aliphatic carboxylic acids is 12. The molecule has 10 amide bonds. The summed E-state index contributed by atoms with van der Waals surface area (Å²) in [6.07, 6.45) is 2.65. The molecule has 0 fully saturated rings. The van der Waals surface area contributed by atoms with E-state index < -0.39 is 170 Å². The summed E-state index contributed by atoms with van der Waals surface area (Å²) in [6, 6.07) is 20.3. The fourth-order valence-corrected chi connectivity index (χ4v) is 12.9. The molecular weight excluding hydrogens is 2130 g/mol. The Kier molecular flexibility index (Phi) is 61.3. The van der Waals surface area contributed by atoms with Crippen molar-refractivity contribution in [2.24, 2.45) is 0 Å². The lowest BCUT2D eigenvalue weighted by Crippen LogP contribution is -2.49. The number of carboxylic acid groups (broad SMARTS) is 12. The van der Waals surface area contributed by atoms with E-state index in [9.17, 15) is 86.6 Å². The molecule has 46 heteroatoms. The molecule has 0 spiro atoms.